The number of hydrogen-bond acceptors (Lipinski definition) is 3. The van der Waals surface area contributed by atoms with Crippen LogP contribution in [0.5, 0.6) is 0 Å². The molecule has 1 aromatic rings. The van der Waals surface area contributed by atoms with E-state index >= 15 is 0 Å². The highest BCUT2D eigenvalue weighted by molar-refractivity contribution is 5.56. The molecular weight excluding hydrogens is 243 g/mol. The average molecular weight is 266 g/mol. The molecule has 1 saturated heterocycles. The number of anilines is 1. The van der Waals surface area contributed by atoms with Crippen molar-refractivity contribution in [2.45, 2.75) is 38.8 Å². The van der Waals surface area contributed by atoms with Crippen LogP contribution in [-0.4, -0.2) is 31.8 Å². The molecule has 0 spiro atoms. The van der Waals surface area contributed by atoms with Gasteiger partial charge in [-0.1, -0.05) is 19.1 Å². The molecule has 2 unspecified atom stereocenters. The number of nitrogens with zero attached hydrogens (tertiary/aromatic N) is 1. The monoisotopic (exact) mass is 266 g/mol. The fourth-order valence-electron chi connectivity index (χ4n) is 2.70. The van der Waals surface area contributed by atoms with Crippen LogP contribution in [0.1, 0.15) is 25.8 Å². The van der Waals surface area contributed by atoms with Crippen LogP contribution in [0.15, 0.2) is 18.2 Å². The Hall–Kier alpha value is -1.13. The van der Waals surface area contributed by atoms with E-state index in [1.807, 2.05) is 13.0 Å². The molecule has 2 atom stereocenters. The summed E-state index contributed by atoms with van der Waals surface area (Å²) in [4.78, 5) is 2.16. The number of para-hydroxylation sites is 1. The van der Waals surface area contributed by atoms with E-state index in [2.05, 4.69) is 11.8 Å². The predicted molar refractivity (Wildman–Crippen MR) is 76.0 cm³/mol. The van der Waals surface area contributed by atoms with Gasteiger partial charge < -0.3 is 15.4 Å². The first-order chi connectivity index (χ1) is 9.17. The van der Waals surface area contributed by atoms with E-state index in [9.17, 15) is 4.39 Å². The minimum absolute atomic E-state index is 0.133. The van der Waals surface area contributed by atoms with Crippen LogP contribution in [0.2, 0.25) is 0 Å². The summed E-state index contributed by atoms with van der Waals surface area (Å²) in [6.45, 7) is 6.07. The summed E-state index contributed by atoms with van der Waals surface area (Å²) in [7, 11) is 0. The van der Waals surface area contributed by atoms with Gasteiger partial charge in [-0.3, -0.25) is 0 Å². The molecule has 0 bridgehead atoms. The van der Waals surface area contributed by atoms with Gasteiger partial charge >= 0.3 is 0 Å². The predicted octanol–water partition coefficient (Wildman–Crippen LogP) is 2.33. The molecule has 1 aromatic carbocycles. The van der Waals surface area contributed by atoms with E-state index in [1.54, 1.807) is 6.07 Å². The van der Waals surface area contributed by atoms with Gasteiger partial charge in [0.1, 0.15) is 5.82 Å². The molecule has 1 heterocycles. The second-order valence-corrected chi connectivity index (χ2v) is 5.14. The molecule has 4 heteroatoms. The fraction of sp³-hybridized carbons (Fsp3) is 0.600. The van der Waals surface area contributed by atoms with E-state index in [-0.39, 0.29) is 18.0 Å². The standard InChI is InChI=1S/C15H23FN2O/c1-3-13-10-19-11(2)9-18(13)15-12(7-8-17)5-4-6-14(15)16/h4-6,11,13H,3,7-10,17H2,1-2H3. The summed E-state index contributed by atoms with van der Waals surface area (Å²) in [6, 6.07) is 5.50. The third-order valence-corrected chi connectivity index (χ3v) is 3.71. The number of benzene rings is 1. The minimum atomic E-state index is -0.154. The molecule has 2 rings (SSSR count). The van der Waals surface area contributed by atoms with Crippen molar-refractivity contribution in [1.82, 2.24) is 0 Å². The van der Waals surface area contributed by atoms with Crippen LogP contribution in [-0.2, 0) is 11.2 Å². The Morgan fingerprint density at radius 2 is 2.26 bits per heavy atom. The Morgan fingerprint density at radius 3 is 2.95 bits per heavy atom. The Bertz CT molecular complexity index is 425. The zero-order chi connectivity index (χ0) is 13.8. The van der Waals surface area contributed by atoms with Crippen molar-refractivity contribution >= 4 is 5.69 Å². The second-order valence-electron chi connectivity index (χ2n) is 5.14. The van der Waals surface area contributed by atoms with Gasteiger partial charge in [-0.2, -0.15) is 0 Å². The van der Waals surface area contributed by atoms with Gasteiger partial charge in [0.25, 0.3) is 0 Å². The average Bonchev–Trinajstić information content (AvgIpc) is 2.39. The van der Waals surface area contributed by atoms with Crippen LogP contribution in [0.3, 0.4) is 0 Å². The number of ether oxygens (including phenoxy) is 1. The van der Waals surface area contributed by atoms with Crippen molar-refractivity contribution in [1.29, 1.82) is 0 Å². The van der Waals surface area contributed by atoms with Crippen LogP contribution < -0.4 is 10.6 Å². The van der Waals surface area contributed by atoms with Crippen molar-refractivity contribution in [3.05, 3.63) is 29.6 Å². The lowest BCUT2D eigenvalue weighted by Gasteiger charge is -2.41. The number of nitrogens with two attached hydrogens (primary N) is 1. The van der Waals surface area contributed by atoms with Crippen molar-refractivity contribution in [2.75, 3.05) is 24.6 Å². The molecule has 1 aliphatic rings. The zero-order valence-electron chi connectivity index (χ0n) is 11.7. The summed E-state index contributed by atoms with van der Waals surface area (Å²) in [5.41, 5.74) is 7.35. The summed E-state index contributed by atoms with van der Waals surface area (Å²) < 4.78 is 20.0. The molecule has 0 saturated carbocycles. The lowest BCUT2D eigenvalue weighted by molar-refractivity contribution is 0.0296. The van der Waals surface area contributed by atoms with Crippen molar-refractivity contribution < 1.29 is 9.13 Å². The normalized spacial score (nSPS) is 23.7. The van der Waals surface area contributed by atoms with E-state index < -0.39 is 0 Å². The molecule has 0 radical (unpaired) electrons. The Balaban J connectivity index is 2.37. The number of morpholine rings is 1. The topological polar surface area (TPSA) is 38.5 Å². The summed E-state index contributed by atoms with van der Waals surface area (Å²) in [5.74, 6) is -0.154. The minimum Gasteiger partial charge on any atom is -0.375 e. The lowest BCUT2D eigenvalue weighted by Crippen LogP contribution is -2.49. The lowest BCUT2D eigenvalue weighted by atomic mass is 10.0. The second kappa shape index (κ2) is 6.35. The van der Waals surface area contributed by atoms with Gasteiger partial charge in [-0.15, -0.1) is 0 Å². The number of rotatable bonds is 4. The maximum Gasteiger partial charge on any atom is 0.146 e. The summed E-state index contributed by atoms with van der Waals surface area (Å²) >= 11 is 0. The van der Waals surface area contributed by atoms with E-state index in [1.165, 1.54) is 6.07 Å². The fourth-order valence-corrected chi connectivity index (χ4v) is 2.70. The SMILES string of the molecule is CCC1COC(C)CN1c1c(F)cccc1CCN. The maximum atomic E-state index is 14.3. The van der Waals surface area contributed by atoms with E-state index in [0.29, 0.717) is 19.6 Å². The van der Waals surface area contributed by atoms with Gasteiger partial charge in [-0.05, 0) is 37.9 Å². The highest BCUT2D eigenvalue weighted by Gasteiger charge is 2.28. The van der Waals surface area contributed by atoms with Crippen LogP contribution in [0, 0.1) is 5.82 Å². The van der Waals surface area contributed by atoms with Gasteiger partial charge in [-0.25, -0.2) is 4.39 Å². The molecule has 0 aliphatic carbocycles. The quantitative estimate of drug-likeness (QED) is 0.909. The van der Waals surface area contributed by atoms with Gasteiger partial charge in [0.05, 0.1) is 24.4 Å². The van der Waals surface area contributed by atoms with Crippen molar-refractivity contribution in [2.24, 2.45) is 5.73 Å². The Kier molecular flexibility index (Phi) is 4.77. The van der Waals surface area contributed by atoms with Crippen LogP contribution in [0.4, 0.5) is 10.1 Å². The summed E-state index contributed by atoms with van der Waals surface area (Å²) in [6.07, 6.45) is 1.78. The molecule has 3 nitrogen and oxygen atoms in total. The molecule has 2 N–H and O–H groups in total. The first kappa shape index (κ1) is 14.3. The van der Waals surface area contributed by atoms with Crippen LogP contribution >= 0.6 is 0 Å². The van der Waals surface area contributed by atoms with Crippen molar-refractivity contribution in [3.63, 3.8) is 0 Å². The maximum absolute atomic E-state index is 14.3. The first-order valence-corrected chi connectivity index (χ1v) is 7.03. The Labute approximate surface area is 114 Å². The molecule has 106 valence electrons. The van der Waals surface area contributed by atoms with Crippen LogP contribution in [0.25, 0.3) is 0 Å². The number of halogens is 1. The Morgan fingerprint density at radius 1 is 1.47 bits per heavy atom. The smallest absolute Gasteiger partial charge is 0.146 e. The number of hydrogen-bond donors (Lipinski definition) is 1. The zero-order valence-corrected chi connectivity index (χ0v) is 11.7. The van der Waals surface area contributed by atoms with Gasteiger partial charge in [0.15, 0.2) is 0 Å². The molecular formula is C15H23FN2O. The third-order valence-electron chi connectivity index (χ3n) is 3.71. The molecule has 0 aromatic heterocycles. The van der Waals surface area contributed by atoms with E-state index in [4.69, 9.17) is 10.5 Å². The third kappa shape index (κ3) is 3.07. The highest BCUT2D eigenvalue weighted by atomic mass is 19.1. The molecule has 1 aliphatic heterocycles. The largest absolute Gasteiger partial charge is 0.375 e. The van der Waals surface area contributed by atoms with E-state index in [0.717, 1.165) is 24.2 Å². The first-order valence-electron chi connectivity index (χ1n) is 7.03. The van der Waals surface area contributed by atoms with Gasteiger partial charge in [0.2, 0.25) is 0 Å². The molecule has 1 fully saturated rings. The van der Waals surface area contributed by atoms with Crippen molar-refractivity contribution in [3.8, 4) is 0 Å². The highest BCUT2D eigenvalue weighted by Crippen LogP contribution is 2.30. The molecule has 0 amide bonds. The molecule has 19 heavy (non-hydrogen) atoms. The summed E-state index contributed by atoms with van der Waals surface area (Å²) in [5, 5.41) is 0. The van der Waals surface area contributed by atoms with Gasteiger partial charge in [0, 0.05) is 6.54 Å².